The first-order valence-electron chi connectivity index (χ1n) is 2.31. The van der Waals surface area contributed by atoms with Gasteiger partial charge in [0, 0.05) is 7.11 Å². The SMILES string of the molecule is CONC(=O)C(F)(F)OC. The van der Waals surface area contributed by atoms with E-state index < -0.39 is 12.0 Å². The normalized spacial score (nSPS) is 11.2. The van der Waals surface area contributed by atoms with Crippen LogP contribution in [0, 0.1) is 0 Å². The minimum atomic E-state index is -3.82. The standard InChI is InChI=1S/C4H7F2NO3/c1-9-4(5,6)3(8)7-10-2/h1-2H3,(H,7,8). The molecule has 0 atom stereocenters. The van der Waals surface area contributed by atoms with Gasteiger partial charge < -0.3 is 4.74 Å². The van der Waals surface area contributed by atoms with Crippen LogP contribution in [0.3, 0.4) is 0 Å². The van der Waals surface area contributed by atoms with E-state index in [1.165, 1.54) is 5.48 Å². The second-order valence-corrected chi connectivity index (χ2v) is 1.36. The van der Waals surface area contributed by atoms with E-state index in [2.05, 4.69) is 9.57 Å². The van der Waals surface area contributed by atoms with Gasteiger partial charge in [0.05, 0.1) is 7.11 Å². The Hall–Kier alpha value is -0.750. The fraction of sp³-hybridized carbons (Fsp3) is 0.750. The predicted octanol–water partition coefficient (Wildman–Crippen LogP) is -0.0968. The van der Waals surface area contributed by atoms with Crippen molar-refractivity contribution in [2.24, 2.45) is 0 Å². The number of ether oxygens (including phenoxy) is 1. The highest BCUT2D eigenvalue weighted by Crippen LogP contribution is 2.12. The van der Waals surface area contributed by atoms with Crippen molar-refractivity contribution in [2.75, 3.05) is 14.2 Å². The Morgan fingerprint density at radius 2 is 2.00 bits per heavy atom. The van der Waals surface area contributed by atoms with E-state index in [0.29, 0.717) is 0 Å². The number of carbonyl (C=O) groups excluding carboxylic acids is 1. The summed E-state index contributed by atoms with van der Waals surface area (Å²) < 4.78 is 27.6. The molecule has 0 aromatic rings. The number of carbonyl (C=O) groups is 1. The van der Waals surface area contributed by atoms with Crippen LogP contribution in [-0.4, -0.2) is 26.2 Å². The Balaban J connectivity index is 3.91. The molecule has 0 bridgehead atoms. The summed E-state index contributed by atoms with van der Waals surface area (Å²) in [6.45, 7) is 0. The fourth-order valence-electron chi connectivity index (χ4n) is 0.245. The Morgan fingerprint density at radius 1 is 1.50 bits per heavy atom. The number of methoxy groups -OCH3 is 1. The van der Waals surface area contributed by atoms with Crippen molar-refractivity contribution >= 4 is 5.91 Å². The molecule has 6 heteroatoms. The maximum atomic E-state index is 12.0. The van der Waals surface area contributed by atoms with Gasteiger partial charge in [0.25, 0.3) is 0 Å². The van der Waals surface area contributed by atoms with Gasteiger partial charge in [-0.2, -0.15) is 8.78 Å². The molecular weight excluding hydrogens is 148 g/mol. The molecule has 0 aliphatic carbocycles. The van der Waals surface area contributed by atoms with Gasteiger partial charge in [-0.25, -0.2) is 5.48 Å². The van der Waals surface area contributed by atoms with Crippen LogP contribution in [0.1, 0.15) is 0 Å². The van der Waals surface area contributed by atoms with Crippen LogP contribution in [0.2, 0.25) is 0 Å². The van der Waals surface area contributed by atoms with Crippen LogP contribution in [0.5, 0.6) is 0 Å². The second-order valence-electron chi connectivity index (χ2n) is 1.36. The highest BCUT2D eigenvalue weighted by molar-refractivity contribution is 5.80. The minimum Gasteiger partial charge on any atom is -0.316 e. The molecule has 0 fully saturated rings. The van der Waals surface area contributed by atoms with Crippen LogP contribution in [-0.2, 0) is 14.4 Å². The number of rotatable bonds is 3. The fourth-order valence-corrected chi connectivity index (χ4v) is 0.245. The molecule has 0 aromatic carbocycles. The molecule has 4 nitrogen and oxygen atoms in total. The maximum absolute atomic E-state index is 12.0. The molecule has 0 aliphatic heterocycles. The van der Waals surface area contributed by atoms with Crippen LogP contribution < -0.4 is 5.48 Å². The molecule has 0 aromatic heterocycles. The average Bonchev–Trinajstić information content (AvgIpc) is 1.89. The predicted molar refractivity (Wildman–Crippen MR) is 27.1 cm³/mol. The monoisotopic (exact) mass is 155 g/mol. The lowest BCUT2D eigenvalue weighted by molar-refractivity contribution is -0.226. The van der Waals surface area contributed by atoms with E-state index in [4.69, 9.17) is 0 Å². The second kappa shape index (κ2) is 3.43. The van der Waals surface area contributed by atoms with Crippen LogP contribution in [0.25, 0.3) is 0 Å². The number of nitrogens with one attached hydrogen (secondary N) is 1. The van der Waals surface area contributed by atoms with Gasteiger partial charge in [-0.15, -0.1) is 0 Å². The molecule has 10 heavy (non-hydrogen) atoms. The van der Waals surface area contributed by atoms with Gasteiger partial charge in [0.15, 0.2) is 0 Å². The molecule has 0 radical (unpaired) electrons. The number of hydroxylamine groups is 1. The molecule has 0 rings (SSSR count). The molecule has 1 amide bonds. The lowest BCUT2D eigenvalue weighted by Gasteiger charge is -2.11. The third kappa shape index (κ3) is 2.24. The molecule has 0 spiro atoms. The summed E-state index contributed by atoms with van der Waals surface area (Å²) in [4.78, 5) is 14.1. The molecule has 0 aliphatic rings. The third-order valence-electron chi connectivity index (χ3n) is 0.715. The summed E-state index contributed by atoms with van der Waals surface area (Å²) in [7, 11) is 1.76. The number of amides is 1. The van der Waals surface area contributed by atoms with Gasteiger partial charge in [-0.3, -0.25) is 9.63 Å². The summed E-state index contributed by atoms with van der Waals surface area (Å²) in [5.41, 5.74) is 1.42. The topological polar surface area (TPSA) is 47.6 Å². The zero-order chi connectivity index (χ0) is 8.20. The first-order valence-corrected chi connectivity index (χ1v) is 2.31. The Kier molecular flexibility index (Phi) is 3.17. The first kappa shape index (κ1) is 9.25. The summed E-state index contributed by atoms with van der Waals surface area (Å²) >= 11 is 0. The van der Waals surface area contributed by atoms with Crippen molar-refractivity contribution in [3.63, 3.8) is 0 Å². The van der Waals surface area contributed by atoms with Gasteiger partial charge >= 0.3 is 12.0 Å². The van der Waals surface area contributed by atoms with Crippen LogP contribution in [0.4, 0.5) is 8.78 Å². The summed E-state index contributed by atoms with van der Waals surface area (Å²) in [5.74, 6) is -1.63. The van der Waals surface area contributed by atoms with Crippen molar-refractivity contribution < 1.29 is 23.1 Å². The van der Waals surface area contributed by atoms with Gasteiger partial charge in [0.1, 0.15) is 0 Å². The van der Waals surface area contributed by atoms with Crippen LogP contribution >= 0.6 is 0 Å². The first-order chi connectivity index (χ1) is 4.54. The van der Waals surface area contributed by atoms with Gasteiger partial charge in [-0.05, 0) is 0 Å². The highest BCUT2D eigenvalue weighted by Gasteiger charge is 2.39. The van der Waals surface area contributed by atoms with E-state index in [-0.39, 0.29) is 0 Å². The summed E-state index contributed by atoms with van der Waals surface area (Å²) in [5, 5.41) is 0. The van der Waals surface area contributed by atoms with Crippen molar-refractivity contribution in [2.45, 2.75) is 6.11 Å². The lowest BCUT2D eigenvalue weighted by Crippen LogP contribution is -2.40. The van der Waals surface area contributed by atoms with Gasteiger partial charge in [-0.1, -0.05) is 0 Å². The quantitative estimate of drug-likeness (QED) is 0.579. The van der Waals surface area contributed by atoms with Crippen molar-refractivity contribution in [3.05, 3.63) is 0 Å². The zero-order valence-corrected chi connectivity index (χ0v) is 5.48. The molecule has 0 heterocycles. The van der Waals surface area contributed by atoms with Crippen molar-refractivity contribution in [1.82, 2.24) is 5.48 Å². The smallest absolute Gasteiger partial charge is 0.316 e. The van der Waals surface area contributed by atoms with Crippen molar-refractivity contribution in [1.29, 1.82) is 0 Å². The van der Waals surface area contributed by atoms with E-state index >= 15 is 0 Å². The maximum Gasteiger partial charge on any atom is 0.438 e. The molecule has 0 saturated heterocycles. The lowest BCUT2D eigenvalue weighted by atomic mass is 10.6. The Labute approximate surface area is 56.1 Å². The minimum absolute atomic E-state index is 0.718. The number of hydrogen-bond donors (Lipinski definition) is 1. The van der Waals surface area contributed by atoms with Gasteiger partial charge in [0.2, 0.25) is 0 Å². The Bertz CT molecular complexity index is 128. The third-order valence-corrected chi connectivity index (χ3v) is 0.715. The summed E-state index contributed by atoms with van der Waals surface area (Å²) in [6.07, 6.45) is -3.82. The van der Waals surface area contributed by atoms with E-state index in [9.17, 15) is 13.6 Å². The van der Waals surface area contributed by atoms with E-state index in [0.717, 1.165) is 14.2 Å². The highest BCUT2D eigenvalue weighted by atomic mass is 19.3. The van der Waals surface area contributed by atoms with Crippen molar-refractivity contribution in [3.8, 4) is 0 Å². The largest absolute Gasteiger partial charge is 0.438 e. The molecule has 1 N–H and O–H groups in total. The van der Waals surface area contributed by atoms with E-state index in [1.54, 1.807) is 0 Å². The van der Waals surface area contributed by atoms with Crippen LogP contribution in [0.15, 0.2) is 0 Å². The summed E-state index contributed by atoms with van der Waals surface area (Å²) in [6, 6.07) is 0. The molecule has 0 unspecified atom stereocenters. The zero-order valence-electron chi connectivity index (χ0n) is 5.48. The average molecular weight is 155 g/mol. The molecule has 0 saturated carbocycles. The number of hydrogen-bond acceptors (Lipinski definition) is 3. The number of alkyl halides is 2. The Morgan fingerprint density at radius 3 is 2.30 bits per heavy atom. The number of halogens is 2. The molecule has 60 valence electrons. The molecular formula is C4H7F2NO3. The van der Waals surface area contributed by atoms with E-state index in [1.807, 2.05) is 0 Å².